The molecular formula is C14H23NS. The highest BCUT2D eigenvalue weighted by Crippen LogP contribution is 2.56. The van der Waals surface area contributed by atoms with Crippen LogP contribution in [0.2, 0.25) is 0 Å². The normalized spacial score (nSPS) is 29.4. The highest BCUT2D eigenvalue weighted by molar-refractivity contribution is 7.10. The van der Waals surface area contributed by atoms with Gasteiger partial charge in [0.25, 0.3) is 0 Å². The van der Waals surface area contributed by atoms with E-state index in [4.69, 9.17) is 0 Å². The van der Waals surface area contributed by atoms with Gasteiger partial charge in [0.2, 0.25) is 0 Å². The molecule has 1 aliphatic carbocycles. The van der Waals surface area contributed by atoms with Gasteiger partial charge in [-0.25, -0.2) is 0 Å². The Bertz CT molecular complexity index is 336. The largest absolute Gasteiger partial charge is 0.311 e. The Labute approximate surface area is 103 Å². The summed E-state index contributed by atoms with van der Waals surface area (Å²) < 4.78 is 0. The molecule has 1 nitrogen and oxygen atoms in total. The smallest absolute Gasteiger partial charge is 0.0203 e. The molecule has 2 rings (SSSR count). The fraction of sp³-hybridized carbons (Fsp3) is 0.714. The second kappa shape index (κ2) is 4.15. The molecule has 0 aliphatic heterocycles. The molecule has 1 N–H and O–H groups in total. The number of nitrogens with one attached hydrogen (secondary N) is 1. The summed E-state index contributed by atoms with van der Waals surface area (Å²) in [6.45, 7) is 10.2. The second-order valence-corrected chi connectivity index (χ2v) is 6.99. The molecule has 2 unspecified atom stereocenters. The first-order valence-corrected chi connectivity index (χ1v) is 7.15. The highest BCUT2D eigenvalue weighted by atomic mass is 32.1. The lowest BCUT2D eigenvalue weighted by Crippen LogP contribution is -2.41. The molecule has 0 aromatic carbocycles. The third kappa shape index (κ3) is 2.33. The zero-order valence-corrected chi connectivity index (χ0v) is 11.7. The van der Waals surface area contributed by atoms with E-state index in [0.717, 1.165) is 12.5 Å². The van der Waals surface area contributed by atoms with Crippen molar-refractivity contribution in [1.29, 1.82) is 0 Å². The molecule has 90 valence electrons. The number of hydrogen-bond acceptors (Lipinski definition) is 2. The van der Waals surface area contributed by atoms with Crippen LogP contribution < -0.4 is 5.32 Å². The molecule has 2 atom stereocenters. The minimum Gasteiger partial charge on any atom is -0.311 e. The molecular weight excluding hydrogens is 214 g/mol. The first-order chi connectivity index (χ1) is 7.48. The van der Waals surface area contributed by atoms with Crippen LogP contribution in [0, 0.1) is 5.92 Å². The van der Waals surface area contributed by atoms with Gasteiger partial charge < -0.3 is 5.32 Å². The Morgan fingerprint density at radius 2 is 2.25 bits per heavy atom. The van der Waals surface area contributed by atoms with E-state index in [1.165, 1.54) is 12.8 Å². The maximum Gasteiger partial charge on any atom is 0.0203 e. The van der Waals surface area contributed by atoms with Gasteiger partial charge in [0, 0.05) is 22.4 Å². The lowest BCUT2D eigenvalue weighted by molar-refractivity contribution is 0.390. The third-order valence-corrected chi connectivity index (χ3v) is 4.76. The van der Waals surface area contributed by atoms with Gasteiger partial charge in [0.05, 0.1) is 0 Å². The minimum absolute atomic E-state index is 0.227. The van der Waals surface area contributed by atoms with Crippen molar-refractivity contribution in [3.8, 4) is 0 Å². The van der Waals surface area contributed by atoms with Crippen LogP contribution in [0.15, 0.2) is 17.5 Å². The van der Waals surface area contributed by atoms with E-state index < -0.39 is 0 Å². The van der Waals surface area contributed by atoms with Crippen molar-refractivity contribution in [2.75, 3.05) is 6.54 Å². The molecule has 1 aromatic rings. The molecule has 1 aromatic heterocycles. The van der Waals surface area contributed by atoms with Gasteiger partial charge in [-0.15, -0.1) is 11.3 Å². The zero-order chi connectivity index (χ0) is 11.8. The van der Waals surface area contributed by atoms with E-state index in [2.05, 4.69) is 50.5 Å². The quantitative estimate of drug-likeness (QED) is 0.840. The lowest BCUT2D eigenvalue weighted by atomic mass is 9.98. The molecule has 1 heterocycles. The summed E-state index contributed by atoms with van der Waals surface area (Å²) >= 11 is 1.92. The van der Waals surface area contributed by atoms with E-state index in [9.17, 15) is 0 Å². The van der Waals surface area contributed by atoms with Crippen LogP contribution in [0.25, 0.3) is 0 Å². The van der Waals surface area contributed by atoms with E-state index in [1.54, 1.807) is 4.88 Å². The van der Waals surface area contributed by atoms with Gasteiger partial charge >= 0.3 is 0 Å². The standard InChI is InChI=1S/C14H23NS/c1-5-11-9-14(11,10-15-13(2,3)4)12-7-6-8-16-12/h6-8,11,15H,5,9-10H2,1-4H3. The SMILES string of the molecule is CCC1CC1(CNC(C)(C)C)c1cccs1. The van der Waals surface area contributed by atoms with E-state index in [0.29, 0.717) is 5.41 Å². The maximum atomic E-state index is 3.68. The summed E-state index contributed by atoms with van der Waals surface area (Å²) in [5, 5.41) is 5.89. The van der Waals surface area contributed by atoms with Crippen LogP contribution >= 0.6 is 11.3 Å². The maximum absolute atomic E-state index is 3.68. The Morgan fingerprint density at radius 3 is 2.69 bits per heavy atom. The van der Waals surface area contributed by atoms with Crippen molar-refractivity contribution < 1.29 is 0 Å². The Balaban J connectivity index is 2.08. The molecule has 16 heavy (non-hydrogen) atoms. The zero-order valence-electron chi connectivity index (χ0n) is 10.8. The highest BCUT2D eigenvalue weighted by Gasteiger charge is 2.54. The van der Waals surface area contributed by atoms with Crippen LogP contribution in [-0.4, -0.2) is 12.1 Å². The van der Waals surface area contributed by atoms with Crippen LogP contribution in [-0.2, 0) is 5.41 Å². The number of rotatable bonds is 4. The van der Waals surface area contributed by atoms with E-state index >= 15 is 0 Å². The summed E-state index contributed by atoms with van der Waals surface area (Å²) in [5.74, 6) is 0.890. The average Bonchev–Trinajstić information content (AvgIpc) is 2.66. The monoisotopic (exact) mass is 237 g/mol. The van der Waals surface area contributed by atoms with Crippen LogP contribution in [0.3, 0.4) is 0 Å². The molecule has 0 amide bonds. The Kier molecular flexibility index (Phi) is 3.15. The summed E-state index contributed by atoms with van der Waals surface area (Å²) in [4.78, 5) is 1.58. The summed E-state index contributed by atoms with van der Waals surface area (Å²) in [7, 11) is 0. The molecule has 1 aliphatic rings. The van der Waals surface area contributed by atoms with Crippen molar-refractivity contribution >= 4 is 11.3 Å². The molecule has 0 spiro atoms. The summed E-state index contributed by atoms with van der Waals surface area (Å²) in [5.41, 5.74) is 0.682. The number of thiophene rings is 1. The fourth-order valence-electron chi connectivity index (χ4n) is 2.51. The lowest BCUT2D eigenvalue weighted by Gasteiger charge is -2.25. The van der Waals surface area contributed by atoms with Crippen molar-refractivity contribution in [2.45, 2.75) is 51.5 Å². The Hall–Kier alpha value is -0.340. The molecule has 1 saturated carbocycles. The predicted molar refractivity (Wildman–Crippen MR) is 72.2 cm³/mol. The first-order valence-electron chi connectivity index (χ1n) is 6.27. The van der Waals surface area contributed by atoms with Crippen LogP contribution in [0.1, 0.15) is 45.4 Å². The van der Waals surface area contributed by atoms with E-state index in [-0.39, 0.29) is 5.54 Å². The number of hydrogen-bond donors (Lipinski definition) is 1. The van der Waals surface area contributed by atoms with Gasteiger partial charge in [-0.1, -0.05) is 19.4 Å². The minimum atomic E-state index is 0.227. The van der Waals surface area contributed by atoms with Crippen molar-refractivity contribution in [1.82, 2.24) is 5.32 Å². The molecule has 1 fully saturated rings. The van der Waals surface area contributed by atoms with Crippen molar-refractivity contribution in [3.05, 3.63) is 22.4 Å². The van der Waals surface area contributed by atoms with Crippen LogP contribution in [0.4, 0.5) is 0 Å². The molecule has 0 saturated heterocycles. The summed E-state index contributed by atoms with van der Waals surface area (Å²) in [6, 6.07) is 4.49. The average molecular weight is 237 g/mol. The second-order valence-electron chi connectivity index (χ2n) is 6.05. The molecule has 0 radical (unpaired) electrons. The van der Waals surface area contributed by atoms with Gasteiger partial charge in [-0.05, 0) is 44.6 Å². The van der Waals surface area contributed by atoms with Gasteiger partial charge in [0.1, 0.15) is 0 Å². The topological polar surface area (TPSA) is 12.0 Å². The van der Waals surface area contributed by atoms with E-state index in [1.807, 2.05) is 11.3 Å². The fourth-order valence-corrected chi connectivity index (χ4v) is 3.52. The predicted octanol–water partition coefficient (Wildman–Crippen LogP) is 3.80. The Morgan fingerprint density at radius 1 is 1.50 bits per heavy atom. The molecule has 2 heteroatoms. The van der Waals surface area contributed by atoms with Gasteiger partial charge in [0.15, 0.2) is 0 Å². The van der Waals surface area contributed by atoms with Gasteiger partial charge in [-0.3, -0.25) is 0 Å². The van der Waals surface area contributed by atoms with Crippen molar-refractivity contribution in [3.63, 3.8) is 0 Å². The summed E-state index contributed by atoms with van der Waals surface area (Å²) in [6.07, 6.45) is 2.68. The third-order valence-electron chi connectivity index (χ3n) is 3.67. The first kappa shape index (κ1) is 12.1. The van der Waals surface area contributed by atoms with Gasteiger partial charge in [-0.2, -0.15) is 0 Å². The van der Waals surface area contributed by atoms with Crippen molar-refractivity contribution in [2.24, 2.45) is 5.92 Å². The van der Waals surface area contributed by atoms with Crippen LogP contribution in [0.5, 0.6) is 0 Å². The molecule has 0 bridgehead atoms.